The van der Waals surface area contributed by atoms with E-state index in [1.165, 1.54) is 71.6 Å². The van der Waals surface area contributed by atoms with Gasteiger partial charge in [0.05, 0.1) is 33.3 Å². The van der Waals surface area contributed by atoms with Gasteiger partial charge in [-0.25, -0.2) is 0 Å². The standard InChI is InChI=1S/C48H34N4/c49-52-44-20-10-8-16-37(44)39-25-22-32(30-47(39)52)31-23-26-40-46(29-31)51(35-14-5-2-6-15-35)45-21-11-18-36(48(40)45)33-24-27-43-41(28-33)38-17-7-9-19-42(38)50(43)34-12-3-1-4-13-34/h1-17,19-30,36H,18,49H2. The molecule has 10 aromatic rings. The highest BCUT2D eigenvalue weighted by Crippen LogP contribution is 2.45. The van der Waals surface area contributed by atoms with Crippen molar-refractivity contribution in [3.63, 3.8) is 0 Å². The first kappa shape index (κ1) is 29.0. The lowest BCUT2D eigenvalue weighted by molar-refractivity contribution is 0.820. The summed E-state index contributed by atoms with van der Waals surface area (Å²) in [5, 5.41) is 6.20. The first-order chi connectivity index (χ1) is 25.7. The van der Waals surface area contributed by atoms with Crippen LogP contribution in [0.25, 0.3) is 83.1 Å². The van der Waals surface area contributed by atoms with Crippen LogP contribution in [0.3, 0.4) is 0 Å². The topological polar surface area (TPSA) is 40.8 Å². The van der Waals surface area contributed by atoms with E-state index in [4.69, 9.17) is 5.84 Å². The van der Waals surface area contributed by atoms with Crippen LogP contribution >= 0.6 is 0 Å². The van der Waals surface area contributed by atoms with Gasteiger partial charge in [0.2, 0.25) is 0 Å². The van der Waals surface area contributed by atoms with Gasteiger partial charge in [-0.2, -0.15) is 0 Å². The van der Waals surface area contributed by atoms with Gasteiger partial charge in [-0.15, -0.1) is 0 Å². The van der Waals surface area contributed by atoms with Crippen LogP contribution in [0, 0.1) is 0 Å². The first-order valence-electron chi connectivity index (χ1n) is 18.0. The lowest BCUT2D eigenvalue weighted by Crippen LogP contribution is -2.07. The Bertz CT molecular complexity index is 3050. The molecule has 0 fully saturated rings. The molecule has 0 saturated heterocycles. The summed E-state index contributed by atoms with van der Waals surface area (Å²) in [6, 6.07) is 59.4. The Labute approximate surface area is 300 Å². The molecule has 4 heteroatoms. The normalized spacial score (nSPS) is 14.3. The van der Waals surface area contributed by atoms with E-state index in [1.807, 2.05) is 10.7 Å². The van der Waals surface area contributed by atoms with E-state index in [1.54, 1.807) is 0 Å². The third kappa shape index (κ3) is 4.15. The molecule has 3 aromatic heterocycles. The van der Waals surface area contributed by atoms with Gasteiger partial charge in [0, 0.05) is 44.2 Å². The van der Waals surface area contributed by atoms with Crippen LogP contribution in [0.2, 0.25) is 0 Å². The number of rotatable bonds is 4. The molecule has 0 bridgehead atoms. The average Bonchev–Trinajstić information content (AvgIpc) is 3.83. The van der Waals surface area contributed by atoms with Crippen molar-refractivity contribution in [2.45, 2.75) is 12.3 Å². The first-order valence-corrected chi connectivity index (χ1v) is 18.0. The zero-order chi connectivity index (χ0) is 34.3. The van der Waals surface area contributed by atoms with Crippen LogP contribution in [-0.4, -0.2) is 13.8 Å². The minimum atomic E-state index is 0.214. The van der Waals surface area contributed by atoms with E-state index >= 15 is 0 Å². The number of hydrogen-bond acceptors (Lipinski definition) is 1. The van der Waals surface area contributed by atoms with Crippen molar-refractivity contribution in [3.05, 3.63) is 187 Å². The van der Waals surface area contributed by atoms with Crippen LogP contribution in [0.5, 0.6) is 0 Å². The number of hydrogen-bond donors (Lipinski definition) is 1. The molecular weight excluding hydrogens is 633 g/mol. The van der Waals surface area contributed by atoms with Crippen molar-refractivity contribution in [1.29, 1.82) is 0 Å². The van der Waals surface area contributed by atoms with Gasteiger partial charge >= 0.3 is 0 Å². The van der Waals surface area contributed by atoms with E-state index in [-0.39, 0.29) is 5.92 Å². The third-order valence-electron chi connectivity index (χ3n) is 11.2. The Morgan fingerprint density at radius 2 is 1.02 bits per heavy atom. The zero-order valence-corrected chi connectivity index (χ0v) is 28.4. The Kier molecular flexibility index (Phi) is 6.20. The van der Waals surface area contributed by atoms with Gasteiger partial charge in [-0.3, -0.25) is 4.68 Å². The second kappa shape index (κ2) is 11.1. The van der Waals surface area contributed by atoms with Gasteiger partial charge in [0.1, 0.15) is 0 Å². The van der Waals surface area contributed by atoms with Gasteiger partial charge in [0.15, 0.2) is 0 Å². The van der Waals surface area contributed by atoms with Crippen molar-refractivity contribution < 1.29 is 0 Å². The monoisotopic (exact) mass is 666 g/mol. The van der Waals surface area contributed by atoms with Crippen LogP contribution < -0.4 is 5.84 Å². The van der Waals surface area contributed by atoms with Crippen molar-refractivity contribution in [2.24, 2.45) is 0 Å². The number of nitrogens with two attached hydrogens (primary N) is 1. The summed E-state index contributed by atoms with van der Waals surface area (Å²) < 4.78 is 6.67. The maximum absolute atomic E-state index is 6.65. The Hall–Kier alpha value is -6.78. The van der Waals surface area contributed by atoms with Gasteiger partial charge in [0.25, 0.3) is 0 Å². The molecule has 1 atom stereocenters. The number of aromatic nitrogens is 3. The summed E-state index contributed by atoms with van der Waals surface area (Å²) in [6.07, 6.45) is 5.64. The average molecular weight is 667 g/mol. The Morgan fingerprint density at radius 1 is 0.442 bits per heavy atom. The number of nitrogen functional groups attached to an aromatic ring is 1. The maximum atomic E-state index is 6.65. The highest BCUT2D eigenvalue weighted by Gasteiger charge is 2.28. The lowest BCUT2D eigenvalue weighted by Gasteiger charge is -2.22. The largest absolute Gasteiger partial charge is 0.339 e. The van der Waals surface area contributed by atoms with Gasteiger partial charge < -0.3 is 15.0 Å². The SMILES string of the molecule is Nn1c2ccccc2c2ccc(-c3ccc4c5c(n(-c6ccccc6)c4c3)C=CCC5c3ccc4c(c3)c3ccccc3n4-c3ccccc3)cc21. The van der Waals surface area contributed by atoms with Crippen molar-refractivity contribution in [1.82, 2.24) is 13.8 Å². The molecule has 1 unspecified atom stereocenters. The molecule has 3 heterocycles. The summed E-state index contributed by atoms with van der Waals surface area (Å²) in [4.78, 5) is 0. The molecular formula is C48H34N4. The van der Waals surface area contributed by atoms with Gasteiger partial charge in [-0.05, 0) is 95.4 Å². The summed E-state index contributed by atoms with van der Waals surface area (Å²) in [7, 11) is 0. The highest BCUT2D eigenvalue weighted by molar-refractivity contribution is 6.10. The minimum Gasteiger partial charge on any atom is -0.339 e. The number of benzene rings is 7. The maximum Gasteiger partial charge on any atom is 0.0709 e. The Morgan fingerprint density at radius 3 is 1.77 bits per heavy atom. The van der Waals surface area contributed by atoms with Crippen LogP contribution in [-0.2, 0) is 0 Å². The summed E-state index contributed by atoms with van der Waals surface area (Å²) in [6.45, 7) is 0. The number of nitrogens with zero attached hydrogens (tertiary/aromatic N) is 3. The quantitative estimate of drug-likeness (QED) is 0.187. The predicted molar refractivity (Wildman–Crippen MR) is 218 cm³/mol. The second-order valence-corrected chi connectivity index (χ2v) is 14.0. The van der Waals surface area contributed by atoms with Crippen LogP contribution in [0.15, 0.2) is 170 Å². The predicted octanol–water partition coefficient (Wildman–Crippen LogP) is 11.8. The molecule has 246 valence electrons. The molecule has 1 aliphatic rings. The third-order valence-corrected chi connectivity index (χ3v) is 11.2. The van der Waals surface area contributed by atoms with Crippen molar-refractivity contribution >= 4 is 60.6 Å². The summed E-state index contributed by atoms with van der Waals surface area (Å²) in [5.41, 5.74) is 14.4. The lowest BCUT2D eigenvalue weighted by atomic mass is 9.83. The van der Waals surface area contributed by atoms with Crippen molar-refractivity contribution in [3.8, 4) is 22.5 Å². The van der Waals surface area contributed by atoms with E-state index in [0.717, 1.165) is 28.7 Å². The fourth-order valence-corrected chi connectivity index (χ4v) is 8.88. The molecule has 0 aliphatic heterocycles. The minimum absolute atomic E-state index is 0.214. The fraction of sp³-hybridized carbons (Fsp3) is 0.0417. The number of para-hydroxylation sites is 4. The molecule has 0 saturated carbocycles. The summed E-state index contributed by atoms with van der Waals surface area (Å²) in [5.74, 6) is 6.86. The molecule has 0 spiro atoms. The van der Waals surface area contributed by atoms with E-state index in [9.17, 15) is 0 Å². The molecule has 11 rings (SSSR count). The molecule has 52 heavy (non-hydrogen) atoms. The molecule has 2 N–H and O–H groups in total. The number of allylic oxidation sites excluding steroid dienone is 1. The second-order valence-electron chi connectivity index (χ2n) is 14.0. The molecule has 1 aliphatic carbocycles. The van der Waals surface area contributed by atoms with Gasteiger partial charge in [-0.1, -0.05) is 109 Å². The smallest absolute Gasteiger partial charge is 0.0709 e. The highest BCUT2D eigenvalue weighted by atomic mass is 15.3. The zero-order valence-electron chi connectivity index (χ0n) is 28.4. The van der Waals surface area contributed by atoms with E-state index in [0.29, 0.717) is 0 Å². The van der Waals surface area contributed by atoms with Crippen LogP contribution in [0.4, 0.5) is 0 Å². The van der Waals surface area contributed by atoms with E-state index < -0.39 is 0 Å². The molecule has 4 nitrogen and oxygen atoms in total. The van der Waals surface area contributed by atoms with E-state index in [2.05, 4.69) is 179 Å². The van der Waals surface area contributed by atoms with Crippen LogP contribution in [0.1, 0.15) is 29.2 Å². The fourth-order valence-electron chi connectivity index (χ4n) is 8.88. The number of fused-ring (bicyclic) bond motifs is 9. The Balaban J connectivity index is 1.11. The van der Waals surface area contributed by atoms with Crippen molar-refractivity contribution in [2.75, 3.05) is 5.84 Å². The molecule has 7 aromatic carbocycles. The molecule has 0 amide bonds. The molecule has 0 radical (unpaired) electrons. The summed E-state index contributed by atoms with van der Waals surface area (Å²) >= 11 is 0.